The second-order valence-corrected chi connectivity index (χ2v) is 5.93. The first kappa shape index (κ1) is 17.2. The van der Waals surface area contributed by atoms with Gasteiger partial charge in [-0.15, -0.1) is 0 Å². The van der Waals surface area contributed by atoms with Crippen molar-refractivity contribution in [3.63, 3.8) is 0 Å². The summed E-state index contributed by atoms with van der Waals surface area (Å²) in [4.78, 5) is 12.8. The van der Waals surface area contributed by atoms with E-state index in [2.05, 4.69) is 21.2 Å². The van der Waals surface area contributed by atoms with Gasteiger partial charge in [-0.1, -0.05) is 15.9 Å². The molecule has 0 bridgehead atoms. The number of methoxy groups -OCH3 is 2. The number of carbonyl (C=O) groups excluding carboxylic acids is 1. The van der Waals surface area contributed by atoms with Gasteiger partial charge in [-0.05, 0) is 42.5 Å². The molecular weight excluding hydrogens is 380 g/mol. The lowest BCUT2D eigenvalue weighted by atomic mass is 10.0. The van der Waals surface area contributed by atoms with Crippen LogP contribution >= 0.6 is 28.1 Å². The summed E-state index contributed by atoms with van der Waals surface area (Å²) >= 11 is 8.22. The first-order valence-corrected chi connectivity index (χ1v) is 7.79. The number of ether oxygens (including phenoxy) is 2. The molecule has 23 heavy (non-hydrogen) atoms. The number of carbonyl (C=O) groups is 1. The van der Waals surface area contributed by atoms with E-state index in [4.69, 9.17) is 27.4 Å². The first-order valence-electron chi connectivity index (χ1n) is 6.59. The molecule has 120 valence electrons. The summed E-state index contributed by atoms with van der Waals surface area (Å²) < 4.78 is 11.4. The molecule has 0 aliphatic rings. The van der Waals surface area contributed by atoms with Crippen LogP contribution in [-0.2, 0) is 0 Å². The van der Waals surface area contributed by atoms with Gasteiger partial charge < -0.3 is 20.5 Å². The van der Waals surface area contributed by atoms with Crippen molar-refractivity contribution in [2.75, 3.05) is 19.5 Å². The number of ketones is 1. The Morgan fingerprint density at radius 2 is 1.70 bits per heavy atom. The molecule has 0 fully saturated rings. The summed E-state index contributed by atoms with van der Waals surface area (Å²) in [5, 5.41) is 2.86. The standard InChI is InChI=1S/C16H15BrN2O3S/c1-21-13-7-11(12(19-16(18)23)8-14(13)22-2)15(20)9-3-5-10(17)6-4-9/h3-8H,1-2H3,(H3,18,19,23). The van der Waals surface area contributed by atoms with Crippen LogP contribution < -0.4 is 20.5 Å². The minimum Gasteiger partial charge on any atom is -0.493 e. The van der Waals surface area contributed by atoms with Crippen molar-refractivity contribution in [3.8, 4) is 11.5 Å². The fourth-order valence-electron chi connectivity index (χ4n) is 2.06. The van der Waals surface area contributed by atoms with E-state index in [9.17, 15) is 4.79 Å². The van der Waals surface area contributed by atoms with E-state index in [1.54, 1.807) is 36.4 Å². The molecule has 0 spiro atoms. The van der Waals surface area contributed by atoms with Crippen LogP contribution in [0.4, 0.5) is 5.69 Å². The van der Waals surface area contributed by atoms with Crippen LogP contribution in [0.1, 0.15) is 15.9 Å². The summed E-state index contributed by atoms with van der Waals surface area (Å²) in [5.41, 5.74) is 6.93. The number of halogens is 1. The molecule has 0 atom stereocenters. The number of rotatable bonds is 5. The van der Waals surface area contributed by atoms with Crippen molar-refractivity contribution >= 4 is 44.7 Å². The lowest BCUT2D eigenvalue weighted by molar-refractivity contribution is 0.103. The molecule has 2 rings (SSSR count). The highest BCUT2D eigenvalue weighted by atomic mass is 79.9. The van der Waals surface area contributed by atoms with Gasteiger partial charge in [-0.2, -0.15) is 0 Å². The minimum atomic E-state index is -0.183. The molecule has 3 N–H and O–H groups in total. The maximum atomic E-state index is 12.8. The molecule has 0 aliphatic carbocycles. The third-order valence-corrected chi connectivity index (χ3v) is 3.76. The maximum Gasteiger partial charge on any atom is 0.195 e. The third kappa shape index (κ3) is 4.00. The Balaban J connectivity index is 2.55. The van der Waals surface area contributed by atoms with Gasteiger partial charge >= 0.3 is 0 Å². The molecule has 0 aliphatic heterocycles. The summed E-state index contributed by atoms with van der Waals surface area (Å²) in [6.07, 6.45) is 0. The van der Waals surface area contributed by atoms with E-state index in [-0.39, 0.29) is 10.9 Å². The molecular formula is C16H15BrN2O3S. The van der Waals surface area contributed by atoms with Crippen LogP contribution in [0.3, 0.4) is 0 Å². The number of nitrogens with one attached hydrogen (secondary N) is 1. The molecule has 0 unspecified atom stereocenters. The third-order valence-electron chi connectivity index (χ3n) is 3.13. The number of benzene rings is 2. The zero-order valence-corrected chi connectivity index (χ0v) is 15.0. The first-order chi connectivity index (χ1) is 11.0. The Hall–Kier alpha value is -2.12. The van der Waals surface area contributed by atoms with Crippen molar-refractivity contribution in [1.29, 1.82) is 0 Å². The molecule has 2 aromatic carbocycles. The van der Waals surface area contributed by atoms with Gasteiger partial charge in [0.1, 0.15) is 0 Å². The van der Waals surface area contributed by atoms with Crippen molar-refractivity contribution in [1.82, 2.24) is 0 Å². The monoisotopic (exact) mass is 394 g/mol. The van der Waals surface area contributed by atoms with E-state index in [0.717, 1.165) is 4.47 Å². The molecule has 7 heteroatoms. The Morgan fingerprint density at radius 3 is 2.22 bits per heavy atom. The summed E-state index contributed by atoms with van der Waals surface area (Å²) in [6.45, 7) is 0. The van der Waals surface area contributed by atoms with Gasteiger partial charge in [0.05, 0.1) is 25.5 Å². The summed E-state index contributed by atoms with van der Waals surface area (Å²) in [7, 11) is 3.02. The van der Waals surface area contributed by atoms with Gasteiger partial charge in [-0.3, -0.25) is 4.79 Å². The molecule has 0 saturated heterocycles. The smallest absolute Gasteiger partial charge is 0.195 e. The average molecular weight is 395 g/mol. The molecule has 5 nitrogen and oxygen atoms in total. The molecule has 2 aromatic rings. The number of anilines is 1. The fraction of sp³-hybridized carbons (Fsp3) is 0.125. The second kappa shape index (κ2) is 7.43. The minimum absolute atomic E-state index is 0.0575. The lowest BCUT2D eigenvalue weighted by Crippen LogP contribution is -2.21. The predicted molar refractivity (Wildman–Crippen MR) is 97.5 cm³/mol. The van der Waals surface area contributed by atoms with Gasteiger partial charge in [0.15, 0.2) is 22.4 Å². The highest BCUT2D eigenvalue weighted by molar-refractivity contribution is 9.10. The Kier molecular flexibility index (Phi) is 5.57. The lowest BCUT2D eigenvalue weighted by Gasteiger charge is -2.15. The molecule has 0 aromatic heterocycles. The van der Waals surface area contributed by atoms with Gasteiger partial charge in [0.2, 0.25) is 0 Å². The second-order valence-electron chi connectivity index (χ2n) is 4.58. The molecule has 0 amide bonds. The highest BCUT2D eigenvalue weighted by Crippen LogP contribution is 2.34. The average Bonchev–Trinajstić information content (AvgIpc) is 2.54. The van der Waals surface area contributed by atoms with E-state index >= 15 is 0 Å². The normalized spacial score (nSPS) is 10.0. The number of nitrogens with two attached hydrogens (primary N) is 1. The van der Waals surface area contributed by atoms with Crippen LogP contribution in [0, 0.1) is 0 Å². The SMILES string of the molecule is COc1cc(NC(N)=S)c(C(=O)c2ccc(Br)cc2)cc1OC. The summed E-state index contributed by atoms with van der Waals surface area (Å²) in [5.74, 6) is 0.734. The van der Waals surface area contributed by atoms with Gasteiger partial charge in [0.25, 0.3) is 0 Å². The van der Waals surface area contributed by atoms with Crippen LogP contribution in [0.25, 0.3) is 0 Å². The zero-order chi connectivity index (χ0) is 17.0. The molecule has 0 radical (unpaired) electrons. The van der Waals surface area contributed by atoms with Crippen LogP contribution in [0.2, 0.25) is 0 Å². The maximum absolute atomic E-state index is 12.8. The summed E-state index contributed by atoms with van der Waals surface area (Å²) in [6, 6.07) is 10.3. The van der Waals surface area contributed by atoms with Crippen molar-refractivity contribution in [2.45, 2.75) is 0 Å². The Labute approximate surface area is 147 Å². The largest absolute Gasteiger partial charge is 0.493 e. The number of thiocarbonyl (C=S) groups is 1. The van der Waals surface area contributed by atoms with Crippen molar-refractivity contribution in [3.05, 3.63) is 52.0 Å². The Bertz CT molecular complexity index is 748. The highest BCUT2D eigenvalue weighted by Gasteiger charge is 2.18. The molecule has 0 heterocycles. The zero-order valence-electron chi connectivity index (χ0n) is 12.6. The molecule has 0 saturated carbocycles. The quantitative estimate of drug-likeness (QED) is 0.598. The van der Waals surface area contributed by atoms with Gasteiger partial charge in [0, 0.05) is 16.1 Å². The van der Waals surface area contributed by atoms with E-state index < -0.39 is 0 Å². The number of hydrogen-bond acceptors (Lipinski definition) is 4. The Morgan fingerprint density at radius 1 is 1.13 bits per heavy atom. The number of hydrogen-bond donors (Lipinski definition) is 2. The van der Waals surface area contributed by atoms with Crippen molar-refractivity contribution < 1.29 is 14.3 Å². The van der Waals surface area contributed by atoms with E-state index in [1.165, 1.54) is 14.2 Å². The van der Waals surface area contributed by atoms with Crippen LogP contribution in [-0.4, -0.2) is 25.1 Å². The van der Waals surface area contributed by atoms with E-state index in [0.29, 0.717) is 28.3 Å². The fourth-order valence-corrected chi connectivity index (χ4v) is 2.43. The van der Waals surface area contributed by atoms with Crippen LogP contribution in [0.5, 0.6) is 11.5 Å². The topological polar surface area (TPSA) is 73.6 Å². The van der Waals surface area contributed by atoms with Crippen molar-refractivity contribution in [2.24, 2.45) is 5.73 Å². The van der Waals surface area contributed by atoms with E-state index in [1.807, 2.05) is 0 Å². The predicted octanol–water partition coefficient (Wildman–Crippen LogP) is 3.35. The van der Waals surface area contributed by atoms with Crippen LogP contribution in [0.15, 0.2) is 40.9 Å². The van der Waals surface area contributed by atoms with Gasteiger partial charge in [-0.25, -0.2) is 0 Å².